The Balaban J connectivity index is 1.56. The zero-order valence-corrected chi connectivity index (χ0v) is 15.7. The van der Waals surface area contributed by atoms with Crippen LogP contribution in [0.1, 0.15) is 21.5 Å². The largest absolute Gasteiger partial charge is 0.376 e. The van der Waals surface area contributed by atoms with Gasteiger partial charge in [-0.05, 0) is 42.3 Å². The van der Waals surface area contributed by atoms with Crippen molar-refractivity contribution >= 4 is 23.2 Å². The van der Waals surface area contributed by atoms with Gasteiger partial charge in [0.2, 0.25) is 5.91 Å². The standard InChI is InChI=1S/C23H23N3O2/c1-17-20(24-16-22(27)25-15-18-9-4-2-5-10-18)13-8-14-21(17)26-23(28)19-11-6-3-7-12-19/h2-14,24H,15-16H2,1H3,(H,25,27)(H,26,28). The van der Waals surface area contributed by atoms with E-state index in [-0.39, 0.29) is 18.4 Å². The predicted octanol–water partition coefficient (Wildman–Crippen LogP) is 3.98. The van der Waals surface area contributed by atoms with Gasteiger partial charge in [0.15, 0.2) is 0 Å². The van der Waals surface area contributed by atoms with Gasteiger partial charge < -0.3 is 16.0 Å². The lowest BCUT2D eigenvalue weighted by Crippen LogP contribution is -2.29. The number of benzene rings is 3. The molecular formula is C23H23N3O2. The molecule has 0 unspecified atom stereocenters. The van der Waals surface area contributed by atoms with E-state index in [2.05, 4.69) is 16.0 Å². The number of anilines is 2. The molecule has 28 heavy (non-hydrogen) atoms. The molecule has 0 aliphatic rings. The Bertz CT molecular complexity index is 941. The van der Waals surface area contributed by atoms with Crippen LogP contribution in [0.15, 0.2) is 78.9 Å². The molecule has 3 aromatic carbocycles. The van der Waals surface area contributed by atoms with Gasteiger partial charge >= 0.3 is 0 Å². The van der Waals surface area contributed by atoms with Gasteiger partial charge in [-0.3, -0.25) is 9.59 Å². The van der Waals surface area contributed by atoms with Crippen molar-refractivity contribution in [2.45, 2.75) is 13.5 Å². The second kappa shape index (κ2) is 9.37. The van der Waals surface area contributed by atoms with E-state index in [1.807, 2.05) is 73.7 Å². The van der Waals surface area contributed by atoms with E-state index in [0.29, 0.717) is 17.8 Å². The van der Waals surface area contributed by atoms with Crippen LogP contribution < -0.4 is 16.0 Å². The molecule has 0 saturated heterocycles. The molecule has 142 valence electrons. The first-order chi connectivity index (χ1) is 13.6. The van der Waals surface area contributed by atoms with Crippen LogP contribution in [0.25, 0.3) is 0 Å². The van der Waals surface area contributed by atoms with E-state index in [1.165, 1.54) is 0 Å². The highest BCUT2D eigenvalue weighted by Crippen LogP contribution is 2.23. The highest BCUT2D eigenvalue weighted by molar-refractivity contribution is 6.05. The van der Waals surface area contributed by atoms with Gasteiger partial charge in [0, 0.05) is 23.5 Å². The number of carbonyl (C=O) groups is 2. The van der Waals surface area contributed by atoms with Crippen LogP contribution in [0, 0.1) is 6.92 Å². The van der Waals surface area contributed by atoms with Crippen molar-refractivity contribution in [1.82, 2.24) is 5.32 Å². The van der Waals surface area contributed by atoms with Gasteiger partial charge in [0.25, 0.3) is 5.91 Å². The number of hydrogen-bond donors (Lipinski definition) is 3. The summed E-state index contributed by atoms with van der Waals surface area (Å²) in [6.07, 6.45) is 0. The topological polar surface area (TPSA) is 70.2 Å². The molecule has 2 amide bonds. The molecule has 5 heteroatoms. The molecule has 3 N–H and O–H groups in total. The van der Waals surface area contributed by atoms with Gasteiger partial charge in [0.1, 0.15) is 0 Å². The molecule has 0 atom stereocenters. The minimum Gasteiger partial charge on any atom is -0.376 e. The Hall–Kier alpha value is -3.60. The van der Waals surface area contributed by atoms with Gasteiger partial charge in [-0.2, -0.15) is 0 Å². The zero-order chi connectivity index (χ0) is 19.8. The van der Waals surface area contributed by atoms with Crippen LogP contribution in [0.3, 0.4) is 0 Å². The third-order valence-corrected chi connectivity index (χ3v) is 4.39. The van der Waals surface area contributed by atoms with Crippen molar-refractivity contribution in [3.05, 3.63) is 95.6 Å². The van der Waals surface area contributed by atoms with Crippen LogP contribution >= 0.6 is 0 Å². The lowest BCUT2D eigenvalue weighted by atomic mass is 10.1. The molecular weight excluding hydrogens is 350 g/mol. The first kappa shape index (κ1) is 19.2. The minimum absolute atomic E-state index is 0.0954. The molecule has 0 heterocycles. The van der Waals surface area contributed by atoms with Crippen molar-refractivity contribution in [2.75, 3.05) is 17.2 Å². The fourth-order valence-corrected chi connectivity index (χ4v) is 2.78. The molecule has 0 saturated carbocycles. The highest BCUT2D eigenvalue weighted by atomic mass is 16.2. The summed E-state index contributed by atoms with van der Waals surface area (Å²) in [5.41, 5.74) is 4.05. The van der Waals surface area contributed by atoms with Gasteiger partial charge in [-0.15, -0.1) is 0 Å². The Morgan fingerprint density at radius 1 is 0.786 bits per heavy atom. The van der Waals surface area contributed by atoms with E-state index >= 15 is 0 Å². The first-order valence-electron chi connectivity index (χ1n) is 9.14. The van der Waals surface area contributed by atoms with Gasteiger partial charge in [0.05, 0.1) is 6.54 Å². The van der Waals surface area contributed by atoms with E-state index in [9.17, 15) is 9.59 Å². The monoisotopic (exact) mass is 373 g/mol. The Labute approximate surface area is 164 Å². The Morgan fingerprint density at radius 3 is 2.14 bits per heavy atom. The smallest absolute Gasteiger partial charge is 0.255 e. The number of amides is 2. The summed E-state index contributed by atoms with van der Waals surface area (Å²) >= 11 is 0. The quantitative estimate of drug-likeness (QED) is 0.587. The maximum Gasteiger partial charge on any atom is 0.255 e. The normalized spacial score (nSPS) is 10.2. The molecule has 0 spiro atoms. The van der Waals surface area contributed by atoms with Crippen LogP contribution in [-0.4, -0.2) is 18.4 Å². The van der Waals surface area contributed by atoms with Crippen molar-refractivity contribution in [3.8, 4) is 0 Å². The summed E-state index contributed by atoms with van der Waals surface area (Å²) in [5.74, 6) is -0.261. The second-order valence-electron chi connectivity index (χ2n) is 6.41. The first-order valence-corrected chi connectivity index (χ1v) is 9.14. The SMILES string of the molecule is Cc1c(NCC(=O)NCc2ccccc2)cccc1NC(=O)c1ccccc1. The molecule has 5 nitrogen and oxygen atoms in total. The van der Waals surface area contributed by atoms with Crippen molar-refractivity contribution < 1.29 is 9.59 Å². The molecule has 0 aromatic heterocycles. The predicted molar refractivity (Wildman–Crippen MR) is 112 cm³/mol. The molecule has 3 rings (SSSR count). The van der Waals surface area contributed by atoms with Crippen LogP contribution in [-0.2, 0) is 11.3 Å². The third kappa shape index (κ3) is 5.20. The van der Waals surface area contributed by atoms with Crippen LogP contribution in [0.2, 0.25) is 0 Å². The summed E-state index contributed by atoms with van der Waals surface area (Å²) in [7, 11) is 0. The number of nitrogens with one attached hydrogen (secondary N) is 3. The van der Waals surface area contributed by atoms with Crippen molar-refractivity contribution in [2.24, 2.45) is 0 Å². The summed E-state index contributed by atoms with van der Waals surface area (Å²) in [4.78, 5) is 24.5. The van der Waals surface area contributed by atoms with Crippen molar-refractivity contribution in [3.63, 3.8) is 0 Å². The van der Waals surface area contributed by atoms with E-state index in [1.54, 1.807) is 12.1 Å². The maximum atomic E-state index is 12.4. The maximum absolute atomic E-state index is 12.4. The van der Waals surface area contributed by atoms with Gasteiger partial charge in [-0.1, -0.05) is 54.6 Å². The molecule has 3 aromatic rings. The molecule has 0 bridgehead atoms. The zero-order valence-electron chi connectivity index (χ0n) is 15.7. The summed E-state index contributed by atoms with van der Waals surface area (Å²) in [6.45, 7) is 2.56. The lowest BCUT2D eigenvalue weighted by molar-refractivity contribution is -0.119. The molecule has 0 fully saturated rings. The highest BCUT2D eigenvalue weighted by Gasteiger charge is 2.10. The number of hydrogen-bond acceptors (Lipinski definition) is 3. The van der Waals surface area contributed by atoms with E-state index in [4.69, 9.17) is 0 Å². The summed E-state index contributed by atoms with van der Waals surface area (Å²) in [6, 6.07) is 24.4. The Kier molecular flexibility index (Phi) is 6.41. The van der Waals surface area contributed by atoms with E-state index in [0.717, 1.165) is 16.8 Å². The van der Waals surface area contributed by atoms with Crippen LogP contribution in [0.5, 0.6) is 0 Å². The molecule has 0 aliphatic heterocycles. The molecule has 0 radical (unpaired) electrons. The average Bonchev–Trinajstić information content (AvgIpc) is 2.74. The fraction of sp³-hybridized carbons (Fsp3) is 0.130. The van der Waals surface area contributed by atoms with Crippen molar-refractivity contribution in [1.29, 1.82) is 0 Å². The average molecular weight is 373 g/mol. The second-order valence-corrected chi connectivity index (χ2v) is 6.41. The fourth-order valence-electron chi connectivity index (χ4n) is 2.78. The lowest BCUT2D eigenvalue weighted by Gasteiger charge is -2.14. The van der Waals surface area contributed by atoms with E-state index < -0.39 is 0 Å². The molecule has 0 aliphatic carbocycles. The summed E-state index contributed by atoms with van der Waals surface area (Å²) in [5, 5.41) is 8.95. The van der Waals surface area contributed by atoms with Gasteiger partial charge in [-0.25, -0.2) is 0 Å². The summed E-state index contributed by atoms with van der Waals surface area (Å²) < 4.78 is 0. The van der Waals surface area contributed by atoms with Crippen LogP contribution in [0.4, 0.5) is 11.4 Å². The Morgan fingerprint density at radius 2 is 1.43 bits per heavy atom. The third-order valence-electron chi connectivity index (χ3n) is 4.39. The minimum atomic E-state index is -0.165. The number of rotatable bonds is 7. The number of carbonyl (C=O) groups excluding carboxylic acids is 2.